The van der Waals surface area contributed by atoms with Gasteiger partial charge in [0, 0.05) is 25.2 Å². The lowest BCUT2D eigenvalue weighted by atomic mass is 10.2. The first-order chi connectivity index (χ1) is 7.13. The molecule has 1 amide bonds. The molecule has 4 nitrogen and oxygen atoms in total. The minimum atomic E-state index is 0.0445. The Balaban J connectivity index is 2.41. The molecule has 0 aliphatic carbocycles. The van der Waals surface area contributed by atoms with Crippen molar-refractivity contribution < 1.29 is 4.79 Å². The van der Waals surface area contributed by atoms with Crippen LogP contribution >= 0.6 is 0 Å². The Hall–Kier alpha value is -1.32. The van der Waals surface area contributed by atoms with E-state index in [2.05, 4.69) is 17.3 Å². The smallest absolute Gasteiger partial charge is 0.220 e. The highest BCUT2D eigenvalue weighted by molar-refractivity contribution is 5.76. The molecular formula is C11H19N3O. The number of carbonyl (C=O) groups excluding carboxylic acids is 1. The van der Waals surface area contributed by atoms with Crippen LogP contribution in [0.25, 0.3) is 0 Å². The first-order valence-corrected chi connectivity index (χ1v) is 5.41. The number of rotatable bonds is 5. The van der Waals surface area contributed by atoms with E-state index in [1.54, 1.807) is 10.9 Å². The third-order valence-corrected chi connectivity index (χ3v) is 2.36. The quantitative estimate of drug-likeness (QED) is 0.803. The lowest BCUT2D eigenvalue weighted by Crippen LogP contribution is -2.26. The standard InChI is InChI=1S/C11H19N3O/c1-4-5-6-11(15)13-9(2)10-7-12-14(3)8-10/h7-9H,4-6H2,1-3H3,(H,13,15). The molecule has 0 spiro atoms. The Morgan fingerprint density at radius 2 is 2.40 bits per heavy atom. The minimum Gasteiger partial charge on any atom is -0.349 e. The van der Waals surface area contributed by atoms with Crippen molar-refractivity contribution in [1.82, 2.24) is 15.1 Å². The Morgan fingerprint density at radius 3 is 2.93 bits per heavy atom. The van der Waals surface area contributed by atoms with Crippen molar-refractivity contribution in [2.24, 2.45) is 7.05 Å². The van der Waals surface area contributed by atoms with Crippen LogP contribution in [0.2, 0.25) is 0 Å². The molecule has 1 aromatic heterocycles. The van der Waals surface area contributed by atoms with Gasteiger partial charge in [-0.1, -0.05) is 13.3 Å². The molecule has 0 aliphatic heterocycles. The molecule has 0 saturated carbocycles. The Morgan fingerprint density at radius 1 is 1.67 bits per heavy atom. The minimum absolute atomic E-state index is 0.0445. The number of aromatic nitrogens is 2. The van der Waals surface area contributed by atoms with Crippen LogP contribution in [0.1, 0.15) is 44.7 Å². The zero-order valence-electron chi connectivity index (χ0n) is 9.66. The van der Waals surface area contributed by atoms with Gasteiger partial charge >= 0.3 is 0 Å². The van der Waals surface area contributed by atoms with Crippen molar-refractivity contribution in [2.45, 2.75) is 39.2 Å². The summed E-state index contributed by atoms with van der Waals surface area (Å²) in [4.78, 5) is 11.5. The third-order valence-electron chi connectivity index (χ3n) is 2.36. The molecule has 0 aliphatic rings. The van der Waals surface area contributed by atoms with Crippen LogP contribution in [0.3, 0.4) is 0 Å². The fourth-order valence-corrected chi connectivity index (χ4v) is 1.40. The van der Waals surface area contributed by atoms with Crippen LogP contribution in [0.15, 0.2) is 12.4 Å². The number of aryl methyl sites for hydroxylation is 1. The summed E-state index contributed by atoms with van der Waals surface area (Å²) in [5, 5.41) is 7.02. The first kappa shape index (κ1) is 11.8. The maximum Gasteiger partial charge on any atom is 0.220 e. The van der Waals surface area contributed by atoms with Gasteiger partial charge < -0.3 is 5.32 Å². The zero-order valence-corrected chi connectivity index (χ0v) is 9.66. The zero-order chi connectivity index (χ0) is 11.3. The molecular weight excluding hydrogens is 190 g/mol. The average Bonchev–Trinajstić information content (AvgIpc) is 2.61. The van der Waals surface area contributed by atoms with Gasteiger partial charge in [0.25, 0.3) is 0 Å². The molecule has 0 radical (unpaired) electrons. The molecule has 0 bridgehead atoms. The molecule has 1 unspecified atom stereocenters. The van der Waals surface area contributed by atoms with E-state index in [9.17, 15) is 4.79 Å². The summed E-state index contributed by atoms with van der Waals surface area (Å²) in [6.07, 6.45) is 6.32. The van der Waals surface area contributed by atoms with Crippen LogP contribution in [-0.4, -0.2) is 15.7 Å². The van der Waals surface area contributed by atoms with Crippen LogP contribution < -0.4 is 5.32 Å². The van der Waals surface area contributed by atoms with Gasteiger partial charge in [0.2, 0.25) is 5.91 Å². The molecule has 1 N–H and O–H groups in total. The Bertz CT molecular complexity index is 319. The van der Waals surface area contributed by atoms with Gasteiger partial charge in [-0.05, 0) is 13.3 Å². The van der Waals surface area contributed by atoms with Crippen molar-refractivity contribution in [2.75, 3.05) is 0 Å². The Labute approximate surface area is 90.7 Å². The lowest BCUT2D eigenvalue weighted by molar-refractivity contribution is -0.121. The van der Waals surface area contributed by atoms with Gasteiger partial charge in [-0.3, -0.25) is 9.48 Å². The second-order valence-electron chi connectivity index (χ2n) is 3.84. The fourth-order valence-electron chi connectivity index (χ4n) is 1.40. The van der Waals surface area contributed by atoms with Gasteiger partial charge in [0.1, 0.15) is 0 Å². The molecule has 15 heavy (non-hydrogen) atoms. The number of hydrogen-bond donors (Lipinski definition) is 1. The van der Waals surface area contributed by atoms with Gasteiger partial charge in [-0.2, -0.15) is 5.10 Å². The molecule has 84 valence electrons. The molecule has 0 saturated heterocycles. The number of carbonyl (C=O) groups is 1. The average molecular weight is 209 g/mol. The topological polar surface area (TPSA) is 46.9 Å². The molecule has 1 atom stereocenters. The second-order valence-corrected chi connectivity index (χ2v) is 3.84. The fraction of sp³-hybridized carbons (Fsp3) is 0.636. The molecule has 4 heteroatoms. The maximum atomic E-state index is 11.5. The van der Waals surface area contributed by atoms with Crippen LogP contribution in [0, 0.1) is 0 Å². The number of nitrogens with zero attached hydrogens (tertiary/aromatic N) is 2. The van der Waals surface area contributed by atoms with E-state index >= 15 is 0 Å². The van der Waals surface area contributed by atoms with E-state index in [1.165, 1.54) is 0 Å². The van der Waals surface area contributed by atoms with Crippen molar-refractivity contribution >= 4 is 5.91 Å². The van der Waals surface area contributed by atoms with E-state index in [0.29, 0.717) is 6.42 Å². The summed E-state index contributed by atoms with van der Waals surface area (Å²) in [6.45, 7) is 4.05. The van der Waals surface area contributed by atoms with Crippen molar-refractivity contribution in [3.8, 4) is 0 Å². The van der Waals surface area contributed by atoms with Crippen LogP contribution in [-0.2, 0) is 11.8 Å². The normalized spacial score (nSPS) is 12.5. The van der Waals surface area contributed by atoms with Gasteiger partial charge in [-0.15, -0.1) is 0 Å². The van der Waals surface area contributed by atoms with Gasteiger partial charge in [0.05, 0.1) is 12.2 Å². The summed E-state index contributed by atoms with van der Waals surface area (Å²) >= 11 is 0. The number of nitrogens with one attached hydrogen (secondary N) is 1. The predicted octanol–water partition coefficient (Wildman–Crippen LogP) is 1.79. The predicted molar refractivity (Wildman–Crippen MR) is 59.3 cm³/mol. The number of amides is 1. The molecule has 0 fully saturated rings. The third kappa shape index (κ3) is 3.73. The summed E-state index contributed by atoms with van der Waals surface area (Å²) in [6, 6.07) is 0.0445. The maximum absolute atomic E-state index is 11.5. The van der Waals surface area contributed by atoms with Crippen molar-refractivity contribution in [3.63, 3.8) is 0 Å². The lowest BCUT2D eigenvalue weighted by Gasteiger charge is -2.11. The molecule has 1 rings (SSSR count). The van der Waals surface area contributed by atoms with E-state index in [4.69, 9.17) is 0 Å². The monoisotopic (exact) mass is 209 g/mol. The van der Waals surface area contributed by atoms with E-state index in [-0.39, 0.29) is 11.9 Å². The highest BCUT2D eigenvalue weighted by atomic mass is 16.1. The molecule has 1 heterocycles. The summed E-state index contributed by atoms with van der Waals surface area (Å²) in [7, 11) is 1.87. The van der Waals surface area contributed by atoms with Gasteiger partial charge in [-0.25, -0.2) is 0 Å². The van der Waals surface area contributed by atoms with E-state index < -0.39 is 0 Å². The van der Waals surface area contributed by atoms with Crippen LogP contribution in [0.5, 0.6) is 0 Å². The second kappa shape index (κ2) is 5.53. The van der Waals surface area contributed by atoms with Crippen molar-refractivity contribution in [1.29, 1.82) is 0 Å². The highest BCUT2D eigenvalue weighted by Gasteiger charge is 2.10. The summed E-state index contributed by atoms with van der Waals surface area (Å²) < 4.78 is 1.74. The first-order valence-electron chi connectivity index (χ1n) is 5.41. The van der Waals surface area contributed by atoms with Crippen LogP contribution in [0.4, 0.5) is 0 Å². The number of hydrogen-bond acceptors (Lipinski definition) is 2. The van der Waals surface area contributed by atoms with Crippen molar-refractivity contribution in [3.05, 3.63) is 18.0 Å². The highest BCUT2D eigenvalue weighted by Crippen LogP contribution is 2.10. The summed E-state index contributed by atoms with van der Waals surface area (Å²) in [5.74, 6) is 0.119. The Kier molecular flexibility index (Phi) is 4.34. The SMILES string of the molecule is CCCCC(=O)NC(C)c1cnn(C)c1. The largest absolute Gasteiger partial charge is 0.349 e. The summed E-state index contributed by atoms with van der Waals surface area (Å²) in [5.41, 5.74) is 1.04. The van der Waals surface area contributed by atoms with Gasteiger partial charge in [0.15, 0.2) is 0 Å². The van der Waals surface area contributed by atoms with E-state index in [0.717, 1.165) is 18.4 Å². The van der Waals surface area contributed by atoms with E-state index in [1.807, 2.05) is 20.2 Å². The molecule has 1 aromatic rings. The molecule has 0 aromatic carbocycles. The number of unbranched alkanes of at least 4 members (excludes halogenated alkanes) is 1.